The zero-order chi connectivity index (χ0) is 15.5. The third kappa shape index (κ3) is 5.14. The van der Waals surface area contributed by atoms with Crippen molar-refractivity contribution in [2.75, 3.05) is 11.9 Å². The molecule has 3 unspecified atom stereocenters. The molecule has 118 valence electrons. The van der Waals surface area contributed by atoms with E-state index >= 15 is 0 Å². The van der Waals surface area contributed by atoms with Gasteiger partial charge in [-0.25, -0.2) is 0 Å². The number of benzene rings is 1. The molecule has 0 bridgehead atoms. The fraction of sp³-hybridized carbons (Fsp3) is 0.625. The maximum Gasteiger partial charge on any atom is 0.422 e. The van der Waals surface area contributed by atoms with E-state index in [1.54, 1.807) is 24.3 Å². The molecule has 0 saturated heterocycles. The number of ether oxygens (including phenoxy) is 1. The van der Waals surface area contributed by atoms with Crippen LogP contribution in [-0.2, 0) is 0 Å². The van der Waals surface area contributed by atoms with Gasteiger partial charge in [0.15, 0.2) is 6.61 Å². The summed E-state index contributed by atoms with van der Waals surface area (Å²) in [6, 6.07) is 7.13. The van der Waals surface area contributed by atoms with Crippen LogP contribution in [0.3, 0.4) is 0 Å². The summed E-state index contributed by atoms with van der Waals surface area (Å²) < 4.78 is 40.9. The molecule has 0 aliphatic heterocycles. The van der Waals surface area contributed by atoms with Crippen molar-refractivity contribution in [2.24, 2.45) is 11.8 Å². The lowest BCUT2D eigenvalue weighted by atomic mass is 9.80. The molecule has 1 saturated carbocycles. The summed E-state index contributed by atoms with van der Waals surface area (Å²) in [5, 5.41) is 3.48. The molecular weight excluding hydrogens is 279 g/mol. The largest absolute Gasteiger partial charge is 0.484 e. The van der Waals surface area contributed by atoms with Gasteiger partial charge in [0.25, 0.3) is 0 Å². The van der Waals surface area contributed by atoms with Crippen molar-refractivity contribution in [1.82, 2.24) is 0 Å². The standard InChI is InChI=1S/C16H22F3NO/c1-11-3-4-12(2)15(9-11)20-13-5-7-14(8-6-13)21-10-16(17,18)19/h5-8,11-12,15,20H,3-4,9-10H2,1-2H3. The molecule has 2 rings (SSSR count). The minimum atomic E-state index is -4.30. The van der Waals surface area contributed by atoms with Gasteiger partial charge in [0.05, 0.1) is 0 Å². The highest BCUT2D eigenvalue weighted by atomic mass is 19.4. The summed E-state index contributed by atoms with van der Waals surface area (Å²) >= 11 is 0. The Labute approximate surface area is 123 Å². The summed E-state index contributed by atoms with van der Waals surface area (Å²) in [4.78, 5) is 0. The molecule has 1 N–H and O–H groups in total. The quantitative estimate of drug-likeness (QED) is 0.857. The van der Waals surface area contributed by atoms with Crippen molar-refractivity contribution < 1.29 is 17.9 Å². The van der Waals surface area contributed by atoms with Crippen molar-refractivity contribution in [3.8, 4) is 5.75 Å². The number of anilines is 1. The lowest BCUT2D eigenvalue weighted by Crippen LogP contribution is -2.33. The average Bonchev–Trinajstić information content (AvgIpc) is 2.41. The van der Waals surface area contributed by atoms with E-state index < -0.39 is 12.8 Å². The molecule has 1 aromatic rings. The summed E-state index contributed by atoms with van der Waals surface area (Å²) in [5.74, 6) is 1.57. The predicted octanol–water partition coefficient (Wildman–Crippen LogP) is 4.86. The van der Waals surface area contributed by atoms with Gasteiger partial charge in [0.1, 0.15) is 5.75 Å². The van der Waals surface area contributed by atoms with Crippen LogP contribution in [0.15, 0.2) is 24.3 Å². The number of hydrogen-bond donors (Lipinski definition) is 1. The number of alkyl halides is 3. The van der Waals surface area contributed by atoms with Gasteiger partial charge in [0.2, 0.25) is 0 Å². The van der Waals surface area contributed by atoms with E-state index in [0.29, 0.717) is 17.9 Å². The molecule has 0 aromatic heterocycles. The Morgan fingerprint density at radius 1 is 1.14 bits per heavy atom. The first-order chi connectivity index (χ1) is 9.83. The SMILES string of the molecule is CC1CCC(C)C(Nc2ccc(OCC(F)(F)F)cc2)C1. The molecule has 3 atom stereocenters. The lowest BCUT2D eigenvalue weighted by molar-refractivity contribution is -0.153. The summed E-state index contributed by atoms with van der Waals surface area (Å²) in [5.41, 5.74) is 0.931. The van der Waals surface area contributed by atoms with Crippen molar-refractivity contribution in [3.63, 3.8) is 0 Å². The molecular formula is C16H22F3NO. The third-order valence-corrected chi connectivity index (χ3v) is 4.07. The van der Waals surface area contributed by atoms with Crippen molar-refractivity contribution in [2.45, 2.75) is 45.3 Å². The first-order valence-corrected chi connectivity index (χ1v) is 7.39. The van der Waals surface area contributed by atoms with Crippen LogP contribution in [-0.4, -0.2) is 18.8 Å². The van der Waals surface area contributed by atoms with Gasteiger partial charge < -0.3 is 10.1 Å². The number of hydrogen-bond acceptors (Lipinski definition) is 2. The molecule has 0 radical (unpaired) electrons. The number of rotatable bonds is 4. The molecule has 0 spiro atoms. The molecule has 5 heteroatoms. The van der Waals surface area contributed by atoms with E-state index in [4.69, 9.17) is 4.74 Å². The van der Waals surface area contributed by atoms with Gasteiger partial charge in [-0.3, -0.25) is 0 Å². The molecule has 1 fully saturated rings. The van der Waals surface area contributed by atoms with Crippen LogP contribution in [0.5, 0.6) is 5.75 Å². The lowest BCUT2D eigenvalue weighted by Gasteiger charge is -2.34. The highest BCUT2D eigenvalue weighted by Gasteiger charge is 2.28. The molecule has 1 aromatic carbocycles. The Kier molecular flexibility index (Phi) is 5.01. The van der Waals surface area contributed by atoms with Crippen molar-refractivity contribution in [3.05, 3.63) is 24.3 Å². The zero-order valence-electron chi connectivity index (χ0n) is 12.4. The Morgan fingerprint density at radius 3 is 2.43 bits per heavy atom. The normalized spacial score (nSPS) is 26.4. The fourth-order valence-electron chi connectivity index (χ4n) is 2.76. The van der Waals surface area contributed by atoms with E-state index in [-0.39, 0.29) is 5.75 Å². The van der Waals surface area contributed by atoms with Gasteiger partial charge in [-0.15, -0.1) is 0 Å². The van der Waals surface area contributed by atoms with Crippen molar-refractivity contribution in [1.29, 1.82) is 0 Å². The Balaban J connectivity index is 1.90. The summed E-state index contributed by atoms with van der Waals surface area (Å²) in [6.07, 6.45) is -0.687. The molecule has 2 nitrogen and oxygen atoms in total. The minimum Gasteiger partial charge on any atom is -0.484 e. The third-order valence-electron chi connectivity index (χ3n) is 4.07. The number of nitrogens with one attached hydrogen (secondary N) is 1. The Hall–Kier alpha value is -1.39. The van der Waals surface area contributed by atoms with Crippen LogP contribution in [0, 0.1) is 11.8 Å². The van der Waals surface area contributed by atoms with Crippen LogP contribution in [0.4, 0.5) is 18.9 Å². The van der Waals surface area contributed by atoms with Gasteiger partial charge in [-0.1, -0.05) is 20.3 Å². The first-order valence-electron chi connectivity index (χ1n) is 7.39. The molecule has 0 amide bonds. The summed E-state index contributed by atoms with van der Waals surface area (Å²) in [7, 11) is 0. The monoisotopic (exact) mass is 301 g/mol. The average molecular weight is 301 g/mol. The highest BCUT2D eigenvalue weighted by molar-refractivity contribution is 5.47. The highest BCUT2D eigenvalue weighted by Crippen LogP contribution is 2.31. The minimum absolute atomic E-state index is 0.239. The van der Waals surface area contributed by atoms with Gasteiger partial charge in [-0.05, 0) is 48.9 Å². The Bertz CT molecular complexity index is 444. The fourth-order valence-corrected chi connectivity index (χ4v) is 2.76. The molecule has 1 aliphatic carbocycles. The van der Waals surface area contributed by atoms with E-state index in [0.717, 1.165) is 12.1 Å². The maximum absolute atomic E-state index is 12.1. The van der Waals surface area contributed by atoms with Gasteiger partial charge in [-0.2, -0.15) is 13.2 Å². The first kappa shape index (κ1) is 16.0. The maximum atomic E-state index is 12.1. The van der Waals surface area contributed by atoms with Crippen LogP contribution in [0.1, 0.15) is 33.1 Å². The second-order valence-electron chi connectivity index (χ2n) is 6.07. The van der Waals surface area contributed by atoms with Crippen LogP contribution in [0.2, 0.25) is 0 Å². The second-order valence-corrected chi connectivity index (χ2v) is 6.07. The zero-order valence-corrected chi connectivity index (χ0v) is 12.4. The van der Waals surface area contributed by atoms with E-state index in [1.807, 2.05) is 0 Å². The van der Waals surface area contributed by atoms with Crippen molar-refractivity contribution >= 4 is 5.69 Å². The smallest absolute Gasteiger partial charge is 0.422 e. The van der Waals surface area contributed by atoms with Crippen LogP contribution < -0.4 is 10.1 Å². The Morgan fingerprint density at radius 2 is 1.81 bits per heavy atom. The molecule has 0 heterocycles. The number of halogens is 3. The summed E-state index contributed by atoms with van der Waals surface area (Å²) in [6.45, 7) is 3.25. The molecule has 1 aliphatic rings. The van der Waals surface area contributed by atoms with Crippen LogP contribution >= 0.6 is 0 Å². The van der Waals surface area contributed by atoms with Crippen LogP contribution in [0.25, 0.3) is 0 Å². The van der Waals surface area contributed by atoms with Gasteiger partial charge in [0, 0.05) is 11.7 Å². The van der Waals surface area contributed by atoms with E-state index in [2.05, 4.69) is 19.2 Å². The topological polar surface area (TPSA) is 21.3 Å². The van der Waals surface area contributed by atoms with E-state index in [9.17, 15) is 13.2 Å². The second kappa shape index (κ2) is 6.58. The predicted molar refractivity (Wildman–Crippen MR) is 77.6 cm³/mol. The van der Waals surface area contributed by atoms with Gasteiger partial charge >= 0.3 is 6.18 Å². The molecule has 21 heavy (non-hydrogen) atoms. The van der Waals surface area contributed by atoms with E-state index in [1.165, 1.54) is 12.8 Å².